The Bertz CT molecular complexity index is 2560. The molecule has 2 aliphatic heterocycles. The van der Waals surface area contributed by atoms with Crippen molar-refractivity contribution in [1.29, 1.82) is 0 Å². The van der Waals surface area contributed by atoms with Gasteiger partial charge in [0.2, 0.25) is 5.88 Å². The zero-order valence-corrected chi connectivity index (χ0v) is 35.8. The van der Waals surface area contributed by atoms with E-state index in [9.17, 15) is 23.3 Å². The highest BCUT2D eigenvalue weighted by Crippen LogP contribution is 2.43. The number of aromatic nitrogens is 2. The lowest BCUT2D eigenvalue weighted by Gasteiger charge is -2.39. The van der Waals surface area contributed by atoms with Crippen molar-refractivity contribution in [2.75, 3.05) is 57.4 Å². The van der Waals surface area contributed by atoms with Crippen LogP contribution in [0.2, 0.25) is 5.02 Å². The number of rotatable bonds is 13. The first kappa shape index (κ1) is 42.2. The second-order valence-corrected chi connectivity index (χ2v) is 18.9. The third kappa shape index (κ3) is 10.0. The Balaban J connectivity index is 1.00. The number of hydrogen-bond acceptors (Lipinski definition) is 11. The highest BCUT2D eigenvalue weighted by Gasteiger charge is 2.31. The van der Waals surface area contributed by atoms with Crippen LogP contribution >= 0.6 is 11.6 Å². The molecule has 0 atom stereocenters. The molecule has 61 heavy (non-hydrogen) atoms. The molecule has 0 bridgehead atoms. The topological polar surface area (TPSA) is 169 Å². The molecule has 14 nitrogen and oxygen atoms in total. The lowest BCUT2D eigenvalue weighted by molar-refractivity contribution is -0.386. The van der Waals surface area contributed by atoms with Gasteiger partial charge in [-0.15, -0.1) is 0 Å². The molecule has 4 heterocycles. The van der Waals surface area contributed by atoms with Gasteiger partial charge in [-0.2, -0.15) is 0 Å². The molecule has 0 saturated carbocycles. The summed E-state index contributed by atoms with van der Waals surface area (Å²) in [7, 11) is -4.58. The molecule has 0 radical (unpaired) electrons. The minimum Gasteiger partial charge on any atom is -0.487 e. The highest BCUT2D eigenvalue weighted by atomic mass is 35.5. The molecule has 16 heteroatoms. The summed E-state index contributed by atoms with van der Waals surface area (Å²) in [5.74, 6) is -0.565. The average molecular weight is 869 g/mol. The Morgan fingerprint density at radius 1 is 1.02 bits per heavy atom. The number of fused-ring (bicyclic) bond motifs is 1. The number of ether oxygens (including phenoxy) is 3. The van der Waals surface area contributed by atoms with Gasteiger partial charge < -0.3 is 24.1 Å². The van der Waals surface area contributed by atoms with Crippen molar-refractivity contribution >= 4 is 55.4 Å². The fourth-order valence-electron chi connectivity index (χ4n) is 8.26. The van der Waals surface area contributed by atoms with Crippen LogP contribution in [-0.4, -0.2) is 86.7 Å². The lowest BCUT2D eigenvalue weighted by Crippen LogP contribution is -2.47. The van der Waals surface area contributed by atoms with Crippen LogP contribution < -0.4 is 19.1 Å². The number of nitro groups is 1. The van der Waals surface area contributed by atoms with Gasteiger partial charge in [0.15, 0.2) is 5.75 Å². The van der Waals surface area contributed by atoms with Gasteiger partial charge in [0, 0.05) is 86.4 Å². The van der Waals surface area contributed by atoms with Crippen LogP contribution in [0.15, 0.2) is 95.7 Å². The molecule has 2 saturated heterocycles. The number of carbonyl (C=O) groups excluding carboxylic acids is 1. The second-order valence-electron chi connectivity index (χ2n) is 16.8. The maximum atomic E-state index is 13.9. The average Bonchev–Trinajstić information content (AvgIpc) is 3.72. The molecular weight excluding hydrogens is 820 g/mol. The van der Waals surface area contributed by atoms with Crippen molar-refractivity contribution in [3.05, 3.63) is 117 Å². The molecule has 3 aromatic carbocycles. The molecule has 2 fully saturated rings. The van der Waals surface area contributed by atoms with Crippen LogP contribution in [0.4, 0.5) is 11.4 Å². The SMILES string of the molecule is CC1(C)CCC(CN2CCN(c3ccc(C(=O)NS(=O)(=O)c4ccc(OCC5CCOCC5)c([N+](=O)[O-])c4)c(Oc4cc5cc[nH]c5cn4)c3)CC2)=C(c2ccc(Cl)cc2)C1. The van der Waals surface area contributed by atoms with Gasteiger partial charge in [0.1, 0.15) is 5.75 Å². The number of sulfonamides is 1. The van der Waals surface area contributed by atoms with Crippen LogP contribution in [0.3, 0.4) is 0 Å². The number of benzene rings is 3. The Kier molecular flexibility index (Phi) is 12.4. The van der Waals surface area contributed by atoms with Gasteiger partial charge in [-0.1, -0.05) is 43.2 Å². The number of H-pyrrole nitrogens is 1. The fourth-order valence-corrected chi connectivity index (χ4v) is 9.37. The highest BCUT2D eigenvalue weighted by molar-refractivity contribution is 7.90. The van der Waals surface area contributed by atoms with Crippen LogP contribution in [0, 0.1) is 21.4 Å². The molecule has 8 rings (SSSR count). The van der Waals surface area contributed by atoms with Gasteiger partial charge in [-0.3, -0.25) is 19.8 Å². The number of pyridine rings is 1. The molecule has 0 spiro atoms. The summed E-state index contributed by atoms with van der Waals surface area (Å²) in [5.41, 5.74) is 5.33. The molecule has 320 valence electrons. The van der Waals surface area contributed by atoms with Crippen LogP contribution in [0.5, 0.6) is 17.4 Å². The van der Waals surface area contributed by atoms with Crippen molar-refractivity contribution in [1.82, 2.24) is 19.6 Å². The van der Waals surface area contributed by atoms with Gasteiger partial charge >= 0.3 is 5.69 Å². The number of allylic oxidation sites excluding steroid dienone is 1. The second kappa shape index (κ2) is 17.9. The fraction of sp³-hybridized carbons (Fsp3) is 0.378. The summed E-state index contributed by atoms with van der Waals surface area (Å²) in [6.07, 6.45) is 8.10. The van der Waals surface area contributed by atoms with Crippen molar-refractivity contribution < 1.29 is 32.3 Å². The monoisotopic (exact) mass is 868 g/mol. The molecule has 5 aromatic rings. The predicted octanol–water partition coefficient (Wildman–Crippen LogP) is 8.63. The maximum Gasteiger partial charge on any atom is 0.312 e. The quantitative estimate of drug-likeness (QED) is 0.0858. The van der Waals surface area contributed by atoms with Crippen LogP contribution in [0.1, 0.15) is 61.9 Å². The van der Waals surface area contributed by atoms with Crippen molar-refractivity contribution in [2.24, 2.45) is 11.3 Å². The van der Waals surface area contributed by atoms with E-state index in [0.717, 1.165) is 92.5 Å². The third-order valence-electron chi connectivity index (χ3n) is 11.8. The van der Waals surface area contributed by atoms with Gasteiger partial charge in [0.25, 0.3) is 15.9 Å². The Labute approximate surface area is 360 Å². The number of nitrogens with one attached hydrogen (secondary N) is 2. The number of anilines is 1. The summed E-state index contributed by atoms with van der Waals surface area (Å²) in [6, 6.07) is 20.1. The molecular formula is C45H49ClN6O8S. The Hall–Kier alpha value is -5.48. The van der Waals surface area contributed by atoms with E-state index in [1.807, 2.05) is 18.2 Å². The van der Waals surface area contributed by atoms with Crippen LogP contribution in [-0.2, 0) is 14.8 Å². The maximum absolute atomic E-state index is 13.9. The minimum atomic E-state index is -4.58. The number of amides is 1. The standard InChI is InChI=1S/C45H49ClN6O8S/c1-45(2)15-11-33(38(26-45)31-3-5-34(46)6-4-31)28-50-17-19-51(20-18-50)35-7-9-37(42(24-35)60-43-23-32-12-16-47-39(32)27-48-43)44(53)49-61(56,57)36-8-10-41(40(25-36)52(54)55)59-29-30-13-21-58-22-14-30/h3-10,12,16,23-25,27,30,47H,11,13-15,17-22,26,28-29H2,1-2H3,(H,49,53). The number of nitrogens with zero attached hydrogens (tertiary/aromatic N) is 4. The molecule has 2 aromatic heterocycles. The first-order chi connectivity index (χ1) is 29.3. The largest absolute Gasteiger partial charge is 0.487 e. The number of carbonyl (C=O) groups is 1. The van der Waals surface area contributed by atoms with Crippen LogP contribution in [0.25, 0.3) is 16.5 Å². The first-order valence-corrected chi connectivity index (χ1v) is 22.4. The van der Waals surface area contributed by atoms with E-state index in [1.165, 1.54) is 34.9 Å². The van der Waals surface area contributed by atoms with E-state index in [0.29, 0.717) is 13.2 Å². The minimum absolute atomic E-state index is 0.0569. The van der Waals surface area contributed by atoms with Gasteiger partial charge in [0.05, 0.1) is 33.7 Å². The van der Waals surface area contributed by atoms with Gasteiger partial charge in [-0.05, 0) is 97.0 Å². The summed E-state index contributed by atoms with van der Waals surface area (Å²) < 4.78 is 46.8. The van der Waals surface area contributed by atoms with Crippen molar-refractivity contribution in [2.45, 2.75) is 50.8 Å². The molecule has 3 aliphatic rings. The molecule has 1 amide bonds. The van der Waals surface area contributed by atoms with E-state index in [-0.39, 0.29) is 40.9 Å². The zero-order chi connectivity index (χ0) is 42.7. The predicted molar refractivity (Wildman–Crippen MR) is 234 cm³/mol. The number of nitro benzene ring substituents is 1. The van der Waals surface area contributed by atoms with E-state index >= 15 is 0 Å². The molecule has 1 aliphatic carbocycles. The summed E-state index contributed by atoms with van der Waals surface area (Å²) in [5, 5.41) is 13.6. The van der Waals surface area contributed by atoms with E-state index in [2.05, 4.69) is 50.5 Å². The number of halogens is 1. The van der Waals surface area contributed by atoms with E-state index in [4.69, 9.17) is 25.8 Å². The first-order valence-electron chi connectivity index (χ1n) is 20.6. The Morgan fingerprint density at radius 3 is 2.54 bits per heavy atom. The molecule has 0 unspecified atom stereocenters. The van der Waals surface area contributed by atoms with Crippen molar-refractivity contribution in [3.8, 4) is 17.4 Å². The summed E-state index contributed by atoms with van der Waals surface area (Å²) in [6.45, 7) is 10.0. The third-order valence-corrected chi connectivity index (χ3v) is 13.4. The summed E-state index contributed by atoms with van der Waals surface area (Å²) >= 11 is 6.24. The number of aromatic amines is 1. The Morgan fingerprint density at radius 2 is 1.79 bits per heavy atom. The van der Waals surface area contributed by atoms with E-state index < -0.39 is 31.4 Å². The normalized spacial score (nSPS) is 17.7. The van der Waals surface area contributed by atoms with Gasteiger partial charge in [-0.25, -0.2) is 18.1 Å². The van der Waals surface area contributed by atoms with E-state index in [1.54, 1.807) is 30.6 Å². The number of hydrogen-bond donors (Lipinski definition) is 2. The molecule has 2 N–H and O–H groups in total. The number of piperazine rings is 1. The summed E-state index contributed by atoms with van der Waals surface area (Å²) in [4.78, 5) is 37.0. The zero-order valence-electron chi connectivity index (χ0n) is 34.2. The van der Waals surface area contributed by atoms with Crippen molar-refractivity contribution in [3.63, 3.8) is 0 Å². The lowest BCUT2D eigenvalue weighted by atomic mass is 9.72. The smallest absolute Gasteiger partial charge is 0.312 e.